The summed E-state index contributed by atoms with van der Waals surface area (Å²) >= 11 is 0. The first-order chi connectivity index (χ1) is 5.07. The van der Waals surface area contributed by atoms with Crippen molar-refractivity contribution < 1.29 is 9.53 Å². The minimum Gasteiger partial charge on any atom is -0.461 e. The molecule has 0 spiro atoms. The van der Waals surface area contributed by atoms with Crippen molar-refractivity contribution in [2.75, 3.05) is 20.7 Å². The largest absolute Gasteiger partial charge is 0.461 e. The van der Waals surface area contributed by atoms with Crippen LogP contribution in [0.25, 0.3) is 0 Å². The number of nitrogens with two attached hydrogens (primary N) is 1. The Hall–Kier alpha value is -1.19. The van der Waals surface area contributed by atoms with E-state index < -0.39 is 5.97 Å². The van der Waals surface area contributed by atoms with E-state index in [2.05, 4.69) is 4.74 Å². The van der Waals surface area contributed by atoms with Crippen LogP contribution >= 0.6 is 0 Å². The summed E-state index contributed by atoms with van der Waals surface area (Å²) in [6.07, 6.45) is 1.51. The molecule has 64 valence electrons. The van der Waals surface area contributed by atoms with E-state index >= 15 is 0 Å². The molecule has 0 saturated carbocycles. The highest BCUT2D eigenvalue weighted by Crippen LogP contribution is 1.90. The number of hydrogen-bond donors (Lipinski definition) is 1. The van der Waals surface area contributed by atoms with Gasteiger partial charge in [-0.25, -0.2) is 4.79 Å². The second-order valence-electron chi connectivity index (χ2n) is 2.27. The third kappa shape index (κ3) is 4.25. The van der Waals surface area contributed by atoms with E-state index in [1.165, 1.54) is 6.20 Å². The molecule has 2 N–H and O–H groups in total. The first-order valence-electron chi connectivity index (χ1n) is 3.38. The molecule has 4 heteroatoms. The predicted octanol–water partition coefficient (Wildman–Crippen LogP) is -0.0888. The van der Waals surface area contributed by atoms with E-state index in [9.17, 15) is 4.79 Å². The van der Waals surface area contributed by atoms with Gasteiger partial charge in [0, 0.05) is 20.3 Å². The van der Waals surface area contributed by atoms with Crippen LogP contribution < -0.4 is 5.73 Å². The molecule has 0 heterocycles. The van der Waals surface area contributed by atoms with E-state index in [1.54, 1.807) is 25.9 Å². The molecule has 0 aliphatic carbocycles. The van der Waals surface area contributed by atoms with E-state index in [1.807, 2.05) is 0 Å². The highest BCUT2D eigenvalue weighted by Gasteiger charge is 2.04. The molecule has 11 heavy (non-hydrogen) atoms. The van der Waals surface area contributed by atoms with Crippen LogP contribution in [-0.4, -0.2) is 31.6 Å². The zero-order valence-corrected chi connectivity index (χ0v) is 7.13. The predicted molar refractivity (Wildman–Crippen MR) is 42.6 cm³/mol. The first-order valence-corrected chi connectivity index (χ1v) is 3.38. The fraction of sp³-hybridized carbons (Fsp3) is 0.571. The molecule has 0 bridgehead atoms. The molecule has 0 aliphatic rings. The number of nitrogens with zero attached hydrogens (tertiary/aromatic N) is 1. The number of hydrogen-bond acceptors (Lipinski definition) is 4. The van der Waals surface area contributed by atoms with E-state index in [4.69, 9.17) is 5.73 Å². The number of carbonyl (C=O) groups excluding carboxylic acids is 1. The second-order valence-corrected chi connectivity index (χ2v) is 2.27. The zero-order chi connectivity index (χ0) is 8.85. The molecule has 0 aromatic heterocycles. The maximum absolute atomic E-state index is 10.8. The van der Waals surface area contributed by atoms with Crippen LogP contribution in [0.1, 0.15) is 6.92 Å². The molecule has 0 aromatic rings. The van der Waals surface area contributed by atoms with E-state index in [0.29, 0.717) is 6.61 Å². The SMILES string of the molecule is CCOC(=O)C(N)=CN(C)C. The van der Waals surface area contributed by atoms with Crippen molar-refractivity contribution in [2.45, 2.75) is 6.92 Å². The van der Waals surface area contributed by atoms with Crippen LogP contribution in [0.4, 0.5) is 0 Å². The summed E-state index contributed by atoms with van der Waals surface area (Å²) in [5.74, 6) is -0.471. The fourth-order valence-corrected chi connectivity index (χ4v) is 0.545. The molecule has 0 fully saturated rings. The lowest BCUT2D eigenvalue weighted by Crippen LogP contribution is -2.18. The van der Waals surface area contributed by atoms with Gasteiger partial charge in [0.25, 0.3) is 0 Å². The van der Waals surface area contributed by atoms with Gasteiger partial charge in [-0.2, -0.15) is 0 Å². The highest BCUT2D eigenvalue weighted by molar-refractivity contribution is 5.87. The lowest BCUT2D eigenvalue weighted by molar-refractivity contribution is -0.138. The Labute approximate surface area is 66.6 Å². The summed E-state index contributed by atoms with van der Waals surface area (Å²) in [6, 6.07) is 0. The van der Waals surface area contributed by atoms with Crippen LogP contribution in [0.2, 0.25) is 0 Å². The van der Waals surface area contributed by atoms with Gasteiger partial charge in [-0.1, -0.05) is 0 Å². The molecular weight excluding hydrogens is 144 g/mol. The van der Waals surface area contributed by atoms with Crippen molar-refractivity contribution in [1.29, 1.82) is 0 Å². The summed E-state index contributed by atoms with van der Waals surface area (Å²) in [5, 5.41) is 0. The Morgan fingerprint density at radius 1 is 1.64 bits per heavy atom. The standard InChI is InChI=1S/C7H14N2O2/c1-4-11-7(10)6(8)5-9(2)3/h5H,4,8H2,1-3H3. The number of rotatable bonds is 3. The summed E-state index contributed by atoms with van der Waals surface area (Å²) in [4.78, 5) is 12.5. The highest BCUT2D eigenvalue weighted by atomic mass is 16.5. The Kier molecular flexibility index (Phi) is 4.10. The summed E-state index contributed by atoms with van der Waals surface area (Å²) in [7, 11) is 3.57. The number of esters is 1. The average Bonchev–Trinajstić information content (AvgIpc) is 1.86. The van der Waals surface area contributed by atoms with Gasteiger partial charge in [0.15, 0.2) is 0 Å². The Morgan fingerprint density at radius 3 is 2.55 bits per heavy atom. The Bertz CT molecular complexity index is 164. The van der Waals surface area contributed by atoms with Crippen LogP contribution in [0.3, 0.4) is 0 Å². The number of carbonyl (C=O) groups is 1. The molecule has 0 aliphatic heterocycles. The van der Waals surface area contributed by atoms with Gasteiger partial charge in [0.05, 0.1) is 6.61 Å². The van der Waals surface area contributed by atoms with Crippen molar-refractivity contribution in [3.05, 3.63) is 11.9 Å². The molecule has 0 saturated heterocycles. The topological polar surface area (TPSA) is 55.6 Å². The molecule has 4 nitrogen and oxygen atoms in total. The van der Waals surface area contributed by atoms with Crippen molar-refractivity contribution in [3.63, 3.8) is 0 Å². The molecule has 0 atom stereocenters. The monoisotopic (exact) mass is 158 g/mol. The molecule has 0 radical (unpaired) electrons. The van der Waals surface area contributed by atoms with Gasteiger partial charge < -0.3 is 15.4 Å². The fourth-order valence-electron chi connectivity index (χ4n) is 0.545. The average molecular weight is 158 g/mol. The van der Waals surface area contributed by atoms with E-state index in [0.717, 1.165) is 0 Å². The quantitative estimate of drug-likeness (QED) is 0.460. The molecule has 0 unspecified atom stereocenters. The third-order valence-corrected chi connectivity index (χ3v) is 0.908. The van der Waals surface area contributed by atoms with E-state index in [-0.39, 0.29) is 5.70 Å². The smallest absolute Gasteiger partial charge is 0.355 e. The van der Waals surface area contributed by atoms with Crippen molar-refractivity contribution >= 4 is 5.97 Å². The molecular formula is C7H14N2O2. The van der Waals surface area contributed by atoms with Gasteiger partial charge in [0.2, 0.25) is 0 Å². The Balaban J connectivity index is 4.01. The van der Waals surface area contributed by atoms with Gasteiger partial charge in [-0.15, -0.1) is 0 Å². The second kappa shape index (κ2) is 4.60. The normalized spacial score (nSPS) is 11.0. The van der Waals surface area contributed by atoms with Crippen LogP contribution in [-0.2, 0) is 9.53 Å². The maximum atomic E-state index is 10.8. The summed E-state index contributed by atoms with van der Waals surface area (Å²) in [5.41, 5.74) is 5.47. The zero-order valence-electron chi connectivity index (χ0n) is 7.13. The van der Waals surface area contributed by atoms with Crippen LogP contribution in [0.5, 0.6) is 0 Å². The van der Waals surface area contributed by atoms with Crippen molar-refractivity contribution in [2.24, 2.45) is 5.73 Å². The van der Waals surface area contributed by atoms with Crippen molar-refractivity contribution in [3.8, 4) is 0 Å². The van der Waals surface area contributed by atoms with Gasteiger partial charge in [-0.05, 0) is 6.92 Å². The Morgan fingerprint density at radius 2 is 2.18 bits per heavy atom. The summed E-state index contributed by atoms with van der Waals surface area (Å²) < 4.78 is 4.65. The minimum absolute atomic E-state index is 0.122. The lowest BCUT2D eigenvalue weighted by atomic mass is 10.5. The molecule has 0 amide bonds. The first kappa shape index (κ1) is 9.81. The maximum Gasteiger partial charge on any atom is 0.355 e. The molecule has 0 aromatic carbocycles. The third-order valence-electron chi connectivity index (χ3n) is 0.908. The lowest BCUT2D eigenvalue weighted by Gasteiger charge is -2.06. The minimum atomic E-state index is -0.471. The van der Waals surface area contributed by atoms with Gasteiger partial charge in [0.1, 0.15) is 5.70 Å². The number of ether oxygens (including phenoxy) is 1. The van der Waals surface area contributed by atoms with Gasteiger partial charge in [-0.3, -0.25) is 0 Å². The van der Waals surface area contributed by atoms with Gasteiger partial charge >= 0.3 is 5.97 Å². The molecule has 0 rings (SSSR count). The van der Waals surface area contributed by atoms with Crippen LogP contribution in [0, 0.1) is 0 Å². The van der Waals surface area contributed by atoms with Crippen LogP contribution in [0.15, 0.2) is 11.9 Å². The summed E-state index contributed by atoms with van der Waals surface area (Å²) in [6.45, 7) is 2.08. The van der Waals surface area contributed by atoms with Crippen molar-refractivity contribution in [1.82, 2.24) is 4.90 Å².